The summed E-state index contributed by atoms with van der Waals surface area (Å²) < 4.78 is 16.1. The summed E-state index contributed by atoms with van der Waals surface area (Å²) in [7, 11) is 0. The molecule has 0 aromatic heterocycles. The standard InChI is InChI=1S/C13H19NO4.ClH/c15-4-6-16-5-3-14-10-11-1-2-12-13(9-11)18-8-7-17-12;/h1-2,9,14-15H,3-8,10H2;1H/p-1. The molecular formula is C13H19ClNO4-. The molecule has 0 bridgehead atoms. The molecule has 2 rings (SSSR count). The van der Waals surface area contributed by atoms with Gasteiger partial charge in [0.15, 0.2) is 11.5 Å². The molecule has 0 saturated carbocycles. The minimum atomic E-state index is 0. The van der Waals surface area contributed by atoms with Crippen molar-refractivity contribution in [2.75, 3.05) is 39.6 Å². The van der Waals surface area contributed by atoms with Gasteiger partial charge in [0.2, 0.25) is 0 Å². The molecule has 1 aliphatic heterocycles. The van der Waals surface area contributed by atoms with Gasteiger partial charge in [0.25, 0.3) is 0 Å². The maximum absolute atomic E-state index is 8.54. The number of nitrogens with one attached hydrogen (secondary N) is 1. The van der Waals surface area contributed by atoms with E-state index in [9.17, 15) is 0 Å². The molecule has 0 spiro atoms. The Bertz CT molecular complexity index is 376. The average Bonchev–Trinajstić information content (AvgIpc) is 2.42. The van der Waals surface area contributed by atoms with Gasteiger partial charge in [-0.1, -0.05) is 6.07 Å². The van der Waals surface area contributed by atoms with Crippen LogP contribution < -0.4 is 27.2 Å². The number of halogens is 1. The van der Waals surface area contributed by atoms with Crippen LogP contribution >= 0.6 is 0 Å². The fourth-order valence-electron chi connectivity index (χ4n) is 1.74. The van der Waals surface area contributed by atoms with Crippen molar-refractivity contribution in [1.29, 1.82) is 0 Å². The van der Waals surface area contributed by atoms with Crippen LogP contribution in [0.15, 0.2) is 18.2 Å². The number of benzene rings is 1. The van der Waals surface area contributed by atoms with Crippen molar-refractivity contribution < 1.29 is 31.7 Å². The van der Waals surface area contributed by atoms with Crippen LogP contribution in [0.3, 0.4) is 0 Å². The van der Waals surface area contributed by atoms with Crippen molar-refractivity contribution in [1.82, 2.24) is 5.32 Å². The Kier molecular flexibility index (Phi) is 7.59. The topological polar surface area (TPSA) is 60.0 Å². The minimum absolute atomic E-state index is 0. The number of fused-ring (bicyclic) bond motifs is 1. The van der Waals surface area contributed by atoms with Gasteiger partial charge in [-0.25, -0.2) is 0 Å². The van der Waals surface area contributed by atoms with Crippen molar-refractivity contribution in [2.24, 2.45) is 0 Å². The zero-order valence-corrected chi connectivity index (χ0v) is 11.5. The highest BCUT2D eigenvalue weighted by Gasteiger charge is 2.11. The number of aliphatic hydroxyl groups excluding tert-OH is 1. The Morgan fingerprint density at radius 2 is 1.95 bits per heavy atom. The average molecular weight is 289 g/mol. The summed E-state index contributed by atoms with van der Waals surface area (Å²) in [5.41, 5.74) is 1.15. The summed E-state index contributed by atoms with van der Waals surface area (Å²) in [5, 5.41) is 11.8. The molecule has 6 heteroatoms. The molecule has 2 N–H and O–H groups in total. The molecule has 0 aliphatic carbocycles. The second-order valence-corrected chi connectivity index (χ2v) is 3.99. The maximum atomic E-state index is 8.54. The SMILES string of the molecule is OCCOCCNCc1ccc2c(c1)OCCO2.[Cl-]. The van der Waals surface area contributed by atoms with Gasteiger partial charge in [-0.05, 0) is 17.7 Å². The number of hydrogen-bond acceptors (Lipinski definition) is 5. The molecule has 0 amide bonds. The molecular weight excluding hydrogens is 270 g/mol. The first-order valence-electron chi connectivity index (χ1n) is 6.18. The first kappa shape index (κ1) is 16.0. The van der Waals surface area contributed by atoms with Crippen LogP contribution in [-0.4, -0.2) is 44.7 Å². The van der Waals surface area contributed by atoms with Gasteiger partial charge in [-0.15, -0.1) is 0 Å². The highest BCUT2D eigenvalue weighted by atomic mass is 35.5. The second kappa shape index (κ2) is 8.98. The van der Waals surface area contributed by atoms with Gasteiger partial charge in [0, 0.05) is 13.1 Å². The third-order valence-electron chi connectivity index (χ3n) is 2.59. The lowest BCUT2D eigenvalue weighted by Gasteiger charge is -2.19. The molecule has 19 heavy (non-hydrogen) atoms. The lowest BCUT2D eigenvalue weighted by molar-refractivity contribution is -0.00000549. The van der Waals surface area contributed by atoms with Gasteiger partial charge < -0.3 is 37.0 Å². The van der Waals surface area contributed by atoms with E-state index in [1.54, 1.807) is 0 Å². The van der Waals surface area contributed by atoms with Gasteiger partial charge in [-0.2, -0.15) is 0 Å². The van der Waals surface area contributed by atoms with Crippen LogP contribution in [0.2, 0.25) is 0 Å². The van der Waals surface area contributed by atoms with Crippen LogP contribution in [0.1, 0.15) is 5.56 Å². The zero-order chi connectivity index (χ0) is 12.6. The normalized spacial score (nSPS) is 12.9. The molecule has 5 nitrogen and oxygen atoms in total. The highest BCUT2D eigenvalue weighted by molar-refractivity contribution is 5.43. The molecule has 108 valence electrons. The van der Waals surface area contributed by atoms with E-state index in [2.05, 4.69) is 5.32 Å². The van der Waals surface area contributed by atoms with Gasteiger partial charge in [0.05, 0.1) is 19.8 Å². The first-order chi connectivity index (χ1) is 8.90. The molecule has 1 aromatic rings. The van der Waals surface area contributed by atoms with Crippen molar-refractivity contribution >= 4 is 0 Å². The molecule has 0 fully saturated rings. The van der Waals surface area contributed by atoms with E-state index >= 15 is 0 Å². The summed E-state index contributed by atoms with van der Waals surface area (Å²) in [6, 6.07) is 5.96. The minimum Gasteiger partial charge on any atom is -1.00 e. The van der Waals surface area contributed by atoms with E-state index in [4.69, 9.17) is 19.3 Å². The Morgan fingerprint density at radius 3 is 2.74 bits per heavy atom. The van der Waals surface area contributed by atoms with E-state index in [1.165, 1.54) is 0 Å². The van der Waals surface area contributed by atoms with Crippen molar-refractivity contribution in [3.05, 3.63) is 23.8 Å². The fraction of sp³-hybridized carbons (Fsp3) is 0.538. The van der Waals surface area contributed by atoms with Gasteiger partial charge in [-0.3, -0.25) is 0 Å². The summed E-state index contributed by atoms with van der Waals surface area (Å²) in [6.45, 7) is 3.82. The van der Waals surface area contributed by atoms with Crippen LogP contribution in [0.5, 0.6) is 11.5 Å². The maximum Gasteiger partial charge on any atom is 0.161 e. The predicted octanol–water partition coefficient (Wildman–Crippen LogP) is -2.44. The van der Waals surface area contributed by atoms with E-state index in [-0.39, 0.29) is 19.0 Å². The molecule has 0 radical (unpaired) electrons. The molecule has 1 aromatic carbocycles. The number of aliphatic hydroxyl groups is 1. The van der Waals surface area contributed by atoms with E-state index in [0.717, 1.165) is 30.2 Å². The molecule has 0 unspecified atom stereocenters. The van der Waals surface area contributed by atoms with Crippen molar-refractivity contribution in [3.63, 3.8) is 0 Å². The summed E-state index contributed by atoms with van der Waals surface area (Å²) in [6.07, 6.45) is 0. The van der Waals surface area contributed by atoms with Crippen LogP contribution in [0, 0.1) is 0 Å². The number of rotatable bonds is 7. The second-order valence-electron chi connectivity index (χ2n) is 3.99. The lowest BCUT2D eigenvalue weighted by Crippen LogP contribution is -3.00. The summed E-state index contributed by atoms with van der Waals surface area (Å²) in [4.78, 5) is 0. The molecule has 1 heterocycles. The van der Waals surface area contributed by atoms with E-state index in [0.29, 0.717) is 26.4 Å². The first-order valence-corrected chi connectivity index (χ1v) is 6.18. The van der Waals surface area contributed by atoms with Crippen molar-refractivity contribution in [2.45, 2.75) is 6.54 Å². The Hall–Kier alpha value is -1.01. The van der Waals surface area contributed by atoms with E-state index in [1.807, 2.05) is 18.2 Å². The molecule has 1 aliphatic rings. The predicted molar refractivity (Wildman–Crippen MR) is 67.0 cm³/mol. The summed E-state index contributed by atoms with van der Waals surface area (Å²) >= 11 is 0. The van der Waals surface area contributed by atoms with Gasteiger partial charge in [0.1, 0.15) is 13.2 Å². The smallest absolute Gasteiger partial charge is 0.161 e. The van der Waals surface area contributed by atoms with Crippen LogP contribution in [0.4, 0.5) is 0 Å². The summed E-state index contributed by atoms with van der Waals surface area (Å²) in [5.74, 6) is 1.63. The number of ether oxygens (including phenoxy) is 3. The number of hydrogen-bond donors (Lipinski definition) is 2. The molecule has 0 atom stereocenters. The zero-order valence-electron chi connectivity index (χ0n) is 10.7. The van der Waals surface area contributed by atoms with Crippen molar-refractivity contribution in [3.8, 4) is 11.5 Å². The van der Waals surface area contributed by atoms with Gasteiger partial charge >= 0.3 is 0 Å². The monoisotopic (exact) mass is 288 g/mol. The van der Waals surface area contributed by atoms with Crippen LogP contribution in [-0.2, 0) is 11.3 Å². The Labute approximate surface area is 119 Å². The largest absolute Gasteiger partial charge is 1.00 e. The quantitative estimate of drug-likeness (QED) is 0.546. The molecule has 0 saturated heterocycles. The Morgan fingerprint density at radius 1 is 1.16 bits per heavy atom. The Balaban J connectivity index is 0.00000180. The van der Waals surface area contributed by atoms with Crippen LogP contribution in [0.25, 0.3) is 0 Å². The highest BCUT2D eigenvalue weighted by Crippen LogP contribution is 2.30. The van der Waals surface area contributed by atoms with E-state index < -0.39 is 0 Å². The third kappa shape index (κ3) is 5.24. The third-order valence-corrected chi connectivity index (χ3v) is 2.59. The fourth-order valence-corrected chi connectivity index (χ4v) is 1.74. The lowest BCUT2D eigenvalue weighted by atomic mass is 10.2.